The molecule has 0 atom stereocenters. The highest BCUT2D eigenvalue weighted by atomic mass is 15.4. The molecule has 1 aliphatic heterocycles. The molecule has 1 aliphatic carbocycles. The molecule has 1 saturated carbocycles. The predicted molar refractivity (Wildman–Crippen MR) is 78.4 cm³/mol. The Morgan fingerprint density at radius 3 is 2.60 bits per heavy atom. The van der Waals surface area contributed by atoms with E-state index < -0.39 is 0 Å². The van der Waals surface area contributed by atoms with E-state index in [1.54, 1.807) is 0 Å². The summed E-state index contributed by atoms with van der Waals surface area (Å²) < 4.78 is 1.98. The first-order valence-electron chi connectivity index (χ1n) is 7.90. The molecule has 1 saturated heterocycles. The standard InChI is InChI=1S/C14H26N6/c1-2-18-5-7-19(8-6-18)9-10-20-12-14(16-17-20)11-15-13-3-4-13/h12-13,15H,2-11H2,1H3. The summed E-state index contributed by atoms with van der Waals surface area (Å²) in [4.78, 5) is 5.03. The third kappa shape index (κ3) is 4.01. The lowest BCUT2D eigenvalue weighted by atomic mass is 10.3. The fourth-order valence-corrected chi connectivity index (χ4v) is 2.64. The Labute approximate surface area is 121 Å². The average molecular weight is 278 g/mol. The molecule has 2 heterocycles. The summed E-state index contributed by atoms with van der Waals surface area (Å²) in [6.07, 6.45) is 4.72. The van der Waals surface area contributed by atoms with Gasteiger partial charge in [0.1, 0.15) is 0 Å². The minimum absolute atomic E-state index is 0.731. The van der Waals surface area contributed by atoms with E-state index in [1.165, 1.54) is 45.6 Å². The van der Waals surface area contributed by atoms with E-state index in [2.05, 4.69) is 38.5 Å². The van der Waals surface area contributed by atoms with Crippen molar-refractivity contribution in [1.29, 1.82) is 0 Å². The fraction of sp³-hybridized carbons (Fsp3) is 0.857. The van der Waals surface area contributed by atoms with Gasteiger partial charge >= 0.3 is 0 Å². The molecule has 0 bridgehead atoms. The molecular weight excluding hydrogens is 252 g/mol. The van der Waals surface area contributed by atoms with E-state index in [-0.39, 0.29) is 0 Å². The van der Waals surface area contributed by atoms with Crippen molar-refractivity contribution in [2.45, 2.75) is 38.9 Å². The number of likely N-dealkylation sites (N-methyl/N-ethyl adjacent to an activating group) is 1. The zero-order valence-corrected chi connectivity index (χ0v) is 12.5. The Kier molecular flexibility index (Phi) is 4.65. The number of aromatic nitrogens is 3. The Morgan fingerprint density at radius 1 is 1.15 bits per heavy atom. The van der Waals surface area contributed by atoms with Crippen molar-refractivity contribution in [3.8, 4) is 0 Å². The Hall–Kier alpha value is -0.980. The first-order chi connectivity index (χ1) is 9.83. The SMILES string of the molecule is CCN1CCN(CCn2cc(CNC3CC3)nn2)CC1. The molecule has 20 heavy (non-hydrogen) atoms. The van der Waals surface area contributed by atoms with Gasteiger partial charge in [0.25, 0.3) is 0 Å². The minimum atomic E-state index is 0.731. The number of rotatable bonds is 7. The molecule has 0 radical (unpaired) electrons. The van der Waals surface area contributed by atoms with Gasteiger partial charge in [-0.25, -0.2) is 0 Å². The first kappa shape index (κ1) is 14.0. The summed E-state index contributed by atoms with van der Waals surface area (Å²) in [5.41, 5.74) is 1.06. The van der Waals surface area contributed by atoms with Crippen LogP contribution in [0.1, 0.15) is 25.5 Å². The van der Waals surface area contributed by atoms with Crippen molar-refractivity contribution in [1.82, 2.24) is 30.1 Å². The van der Waals surface area contributed by atoms with Crippen molar-refractivity contribution < 1.29 is 0 Å². The Balaban J connectivity index is 1.37. The van der Waals surface area contributed by atoms with Crippen molar-refractivity contribution in [2.75, 3.05) is 39.3 Å². The largest absolute Gasteiger partial charge is 0.308 e. The Bertz CT molecular complexity index is 406. The van der Waals surface area contributed by atoms with Crippen LogP contribution < -0.4 is 5.32 Å². The molecule has 1 N–H and O–H groups in total. The zero-order chi connectivity index (χ0) is 13.8. The van der Waals surface area contributed by atoms with Crippen LogP contribution in [-0.2, 0) is 13.1 Å². The lowest BCUT2D eigenvalue weighted by Crippen LogP contribution is -2.46. The van der Waals surface area contributed by atoms with Crippen LogP contribution >= 0.6 is 0 Å². The lowest BCUT2D eigenvalue weighted by molar-refractivity contribution is 0.132. The van der Waals surface area contributed by atoms with E-state index >= 15 is 0 Å². The van der Waals surface area contributed by atoms with E-state index in [1.807, 2.05) is 4.68 Å². The number of nitrogens with one attached hydrogen (secondary N) is 1. The highest BCUT2D eigenvalue weighted by Gasteiger charge is 2.20. The van der Waals surface area contributed by atoms with E-state index in [4.69, 9.17) is 0 Å². The van der Waals surface area contributed by atoms with Crippen LogP contribution in [0.4, 0.5) is 0 Å². The van der Waals surface area contributed by atoms with Gasteiger partial charge in [0, 0.05) is 51.5 Å². The van der Waals surface area contributed by atoms with Gasteiger partial charge in [-0.1, -0.05) is 12.1 Å². The van der Waals surface area contributed by atoms with E-state index in [9.17, 15) is 0 Å². The van der Waals surface area contributed by atoms with Crippen LogP contribution in [0.25, 0.3) is 0 Å². The van der Waals surface area contributed by atoms with Gasteiger partial charge < -0.3 is 10.2 Å². The van der Waals surface area contributed by atoms with Gasteiger partial charge in [0.2, 0.25) is 0 Å². The summed E-state index contributed by atoms with van der Waals surface area (Å²) >= 11 is 0. The quantitative estimate of drug-likeness (QED) is 0.770. The van der Waals surface area contributed by atoms with Crippen LogP contribution in [0.2, 0.25) is 0 Å². The number of hydrogen-bond donors (Lipinski definition) is 1. The maximum atomic E-state index is 4.23. The first-order valence-corrected chi connectivity index (χ1v) is 7.90. The molecule has 2 fully saturated rings. The van der Waals surface area contributed by atoms with Crippen molar-refractivity contribution in [2.24, 2.45) is 0 Å². The molecule has 1 aromatic rings. The summed E-state index contributed by atoms with van der Waals surface area (Å²) in [6.45, 7) is 11.1. The predicted octanol–water partition coefficient (Wildman–Crippen LogP) is 0.168. The molecule has 112 valence electrons. The second-order valence-corrected chi connectivity index (χ2v) is 5.90. The van der Waals surface area contributed by atoms with Crippen LogP contribution in [0.15, 0.2) is 6.20 Å². The average Bonchev–Trinajstić information content (AvgIpc) is 3.22. The van der Waals surface area contributed by atoms with Crippen molar-refractivity contribution in [3.63, 3.8) is 0 Å². The van der Waals surface area contributed by atoms with Gasteiger partial charge in [-0.15, -0.1) is 5.10 Å². The molecule has 6 nitrogen and oxygen atoms in total. The normalized spacial score (nSPS) is 21.4. The molecule has 0 amide bonds. The van der Waals surface area contributed by atoms with Crippen LogP contribution in [0, 0.1) is 0 Å². The van der Waals surface area contributed by atoms with Gasteiger partial charge in [0.15, 0.2) is 0 Å². The summed E-state index contributed by atoms with van der Waals surface area (Å²) in [5.74, 6) is 0. The summed E-state index contributed by atoms with van der Waals surface area (Å²) in [5, 5.41) is 11.9. The summed E-state index contributed by atoms with van der Waals surface area (Å²) in [6, 6.07) is 0.731. The Morgan fingerprint density at radius 2 is 1.90 bits per heavy atom. The van der Waals surface area contributed by atoms with Crippen molar-refractivity contribution in [3.05, 3.63) is 11.9 Å². The van der Waals surface area contributed by atoms with Crippen LogP contribution in [-0.4, -0.2) is 70.1 Å². The molecule has 0 unspecified atom stereocenters. The topological polar surface area (TPSA) is 49.2 Å². The molecule has 2 aliphatic rings. The van der Waals surface area contributed by atoms with Gasteiger partial charge in [0.05, 0.1) is 12.2 Å². The maximum absolute atomic E-state index is 4.23. The van der Waals surface area contributed by atoms with Gasteiger partial charge in [-0.05, 0) is 19.4 Å². The van der Waals surface area contributed by atoms with Crippen LogP contribution in [0.3, 0.4) is 0 Å². The number of hydrogen-bond acceptors (Lipinski definition) is 5. The maximum Gasteiger partial charge on any atom is 0.0964 e. The molecule has 6 heteroatoms. The van der Waals surface area contributed by atoms with Gasteiger partial charge in [-0.3, -0.25) is 9.58 Å². The third-order valence-electron chi connectivity index (χ3n) is 4.29. The highest BCUT2D eigenvalue weighted by molar-refractivity contribution is 4.94. The second-order valence-electron chi connectivity index (χ2n) is 5.90. The molecule has 0 aromatic carbocycles. The minimum Gasteiger partial charge on any atom is -0.308 e. The monoisotopic (exact) mass is 278 g/mol. The zero-order valence-electron chi connectivity index (χ0n) is 12.5. The van der Waals surface area contributed by atoms with E-state index in [0.717, 1.165) is 31.4 Å². The van der Waals surface area contributed by atoms with Gasteiger partial charge in [-0.2, -0.15) is 0 Å². The van der Waals surface area contributed by atoms with E-state index in [0.29, 0.717) is 0 Å². The summed E-state index contributed by atoms with van der Waals surface area (Å²) in [7, 11) is 0. The number of nitrogens with zero attached hydrogens (tertiary/aromatic N) is 5. The second kappa shape index (κ2) is 6.65. The smallest absolute Gasteiger partial charge is 0.0964 e. The molecule has 1 aromatic heterocycles. The molecular formula is C14H26N6. The third-order valence-corrected chi connectivity index (χ3v) is 4.29. The fourth-order valence-electron chi connectivity index (χ4n) is 2.64. The highest BCUT2D eigenvalue weighted by Crippen LogP contribution is 2.18. The van der Waals surface area contributed by atoms with Crippen LogP contribution in [0.5, 0.6) is 0 Å². The lowest BCUT2D eigenvalue weighted by Gasteiger charge is -2.33. The number of piperazine rings is 1. The molecule has 3 rings (SSSR count). The molecule has 0 spiro atoms. The van der Waals surface area contributed by atoms with Crippen molar-refractivity contribution >= 4 is 0 Å².